The maximum Gasteiger partial charge on any atom is 0.261 e. The second-order valence-electron chi connectivity index (χ2n) is 4.29. The number of hydrogen-bond donors (Lipinski definition) is 1. The largest absolute Gasteiger partial charge is 0.367 e. The van der Waals surface area contributed by atoms with Crippen LogP contribution in [0.15, 0.2) is 10.7 Å². The van der Waals surface area contributed by atoms with Crippen molar-refractivity contribution >= 4 is 0 Å². The summed E-state index contributed by atoms with van der Waals surface area (Å²) in [7, 11) is 1.88. The minimum absolute atomic E-state index is 0.131. The normalized spacial score (nSPS) is 20.2. The van der Waals surface area contributed by atoms with Gasteiger partial charge in [-0.05, 0) is 6.92 Å². The zero-order valence-corrected chi connectivity index (χ0v) is 10.4. The Morgan fingerprint density at radius 1 is 1.50 bits per heavy atom. The molecule has 0 aliphatic carbocycles. The van der Waals surface area contributed by atoms with Gasteiger partial charge in [-0.2, -0.15) is 10.1 Å². The van der Waals surface area contributed by atoms with Crippen LogP contribution in [-0.2, 0) is 11.8 Å². The lowest BCUT2D eigenvalue weighted by Crippen LogP contribution is -2.33. The Hall–Kier alpha value is -1.73. The van der Waals surface area contributed by atoms with Gasteiger partial charge in [0, 0.05) is 25.8 Å². The standard InChI is InChI=1S/C11H15N5O2/c1-7-8(5-13-16(7)2)11-14-10(15-18-11)9-6-12-3-4-17-9/h5,9,12H,3-4,6H2,1-2H3. The summed E-state index contributed by atoms with van der Waals surface area (Å²) in [6.07, 6.45) is 1.60. The zero-order valence-electron chi connectivity index (χ0n) is 10.4. The Kier molecular flexibility index (Phi) is 2.85. The van der Waals surface area contributed by atoms with E-state index < -0.39 is 0 Å². The molecule has 1 atom stereocenters. The third kappa shape index (κ3) is 1.91. The number of nitrogens with zero attached hydrogens (tertiary/aromatic N) is 4. The molecule has 1 fully saturated rings. The van der Waals surface area contributed by atoms with Crippen LogP contribution in [0.4, 0.5) is 0 Å². The molecule has 0 aromatic carbocycles. The molecule has 1 aliphatic heterocycles. The molecule has 3 heterocycles. The SMILES string of the molecule is Cc1c(-c2nc(C3CNCCO3)no2)cnn1C. The summed E-state index contributed by atoms with van der Waals surface area (Å²) in [5, 5.41) is 11.4. The van der Waals surface area contributed by atoms with Gasteiger partial charge in [-0.3, -0.25) is 4.68 Å². The summed E-state index contributed by atoms with van der Waals surface area (Å²) in [4.78, 5) is 4.38. The van der Waals surface area contributed by atoms with Gasteiger partial charge in [0.05, 0.1) is 18.4 Å². The Labute approximate surface area is 104 Å². The first-order valence-electron chi connectivity index (χ1n) is 5.90. The van der Waals surface area contributed by atoms with Crippen molar-refractivity contribution in [1.29, 1.82) is 0 Å². The molecular weight excluding hydrogens is 234 g/mol. The molecule has 0 saturated carbocycles. The fraction of sp³-hybridized carbons (Fsp3) is 0.545. The van der Waals surface area contributed by atoms with E-state index in [2.05, 4.69) is 20.6 Å². The van der Waals surface area contributed by atoms with E-state index in [0.717, 1.165) is 17.8 Å². The quantitative estimate of drug-likeness (QED) is 0.832. The Morgan fingerprint density at radius 3 is 3.06 bits per heavy atom. The lowest BCUT2D eigenvalue weighted by atomic mass is 10.2. The molecule has 0 spiro atoms. The summed E-state index contributed by atoms with van der Waals surface area (Å²) in [6, 6.07) is 0. The van der Waals surface area contributed by atoms with E-state index in [1.54, 1.807) is 10.9 Å². The summed E-state index contributed by atoms with van der Waals surface area (Å²) in [5.74, 6) is 1.07. The summed E-state index contributed by atoms with van der Waals surface area (Å²) >= 11 is 0. The first-order chi connectivity index (χ1) is 8.75. The molecular formula is C11H15N5O2. The average molecular weight is 249 g/mol. The average Bonchev–Trinajstić information content (AvgIpc) is 3.00. The van der Waals surface area contributed by atoms with E-state index in [1.165, 1.54) is 0 Å². The van der Waals surface area contributed by atoms with Gasteiger partial charge in [0.25, 0.3) is 5.89 Å². The monoisotopic (exact) mass is 249 g/mol. The van der Waals surface area contributed by atoms with Crippen LogP contribution in [0, 0.1) is 6.92 Å². The van der Waals surface area contributed by atoms with E-state index >= 15 is 0 Å². The smallest absolute Gasteiger partial charge is 0.261 e. The topological polar surface area (TPSA) is 78.0 Å². The fourth-order valence-electron chi connectivity index (χ4n) is 1.91. The second kappa shape index (κ2) is 4.51. The van der Waals surface area contributed by atoms with Crippen molar-refractivity contribution in [3.63, 3.8) is 0 Å². The number of morpholine rings is 1. The van der Waals surface area contributed by atoms with Crippen molar-refractivity contribution < 1.29 is 9.26 Å². The number of nitrogens with one attached hydrogen (secondary N) is 1. The van der Waals surface area contributed by atoms with Crippen molar-refractivity contribution in [3.8, 4) is 11.5 Å². The summed E-state index contributed by atoms with van der Waals surface area (Å²) in [6.45, 7) is 4.21. The van der Waals surface area contributed by atoms with Crippen molar-refractivity contribution in [2.24, 2.45) is 7.05 Å². The van der Waals surface area contributed by atoms with Gasteiger partial charge in [-0.1, -0.05) is 5.16 Å². The molecule has 3 rings (SSSR count). The van der Waals surface area contributed by atoms with Crippen LogP contribution in [0.3, 0.4) is 0 Å². The van der Waals surface area contributed by atoms with Crippen LogP contribution in [0.5, 0.6) is 0 Å². The zero-order chi connectivity index (χ0) is 12.5. The maximum atomic E-state index is 5.58. The first kappa shape index (κ1) is 11.4. The predicted octanol–water partition coefficient (Wildman–Crippen LogP) is 0.439. The molecule has 96 valence electrons. The molecule has 2 aromatic rings. The number of aromatic nitrogens is 4. The number of ether oxygens (including phenoxy) is 1. The molecule has 7 heteroatoms. The lowest BCUT2D eigenvalue weighted by Gasteiger charge is -2.20. The minimum atomic E-state index is -0.131. The highest BCUT2D eigenvalue weighted by atomic mass is 16.5. The minimum Gasteiger partial charge on any atom is -0.367 e. The van der Waals surface area contributed by atoms with Crippen molar-refractivity contribution in [3.05, 3.63) is 17.7 Å². The van der Waals surface area contributed by atoms with E-state index in [-0.39, 0.29) is 6.10 Å². The molecule has 1 N–H and O–H groups in total. The molecule has 1 unspecified atom stereocenters. The predicted molar refractivity (Wildman–Crippen MR) is 62.8 cm³/mol. The van der Waals surface area contributed by atoms with Gasteiger partial charge in [-0.25, -0.2) is 0 Å². The summed E-state index contributed by atoms with van der Waals surface area (Å²) in [5.41, 5.74) is 1.85. The highest BCUT2D eigenvalue weighted by molar-refractivity contribution is 5.54. The van der Waals surface area contributed by atoms with E-state index in [9.17, 15) is 0 Å². The van der Waals surface area contributed by atoms with E-state index in [1.807, 2.05) is 14.0 Å². The van der Waals surface area contributed by atoms with Crippen LogP contribution in [0.2, 0.25) is 0 Å². The molecule has 0 amide bonds. The molecule has 18 heavy (non-hydrogen) atoms. The number of hydrogen-bond acceptors (Lipinski definition) is 6. The molecule has 1 saturated heterocycles. The number of rotatable bonds is 2. The van der Waals surface area contributed by atoms with Crippen LogP contribution < -0.4 is 5.32 Å². The Balaban J connectivity index is 1.87. The highest BCUT2D eigenvalue weighted by Crippen LogP contribution is 2.23. The molecule has 7 nitrogen and oxygen atoms in total. The fourth-order valence-corrected chi connectivity index (χ4v) is 1.91. The highest BCUT2D eigenvalue weighted by Gasteiger charge is 2.23. The summed E-state index contributed by atoms with van der Waals surface area (Å²) < 4.78 is 12.6. The van der Waals surface area contributed by atoms with Gasteiger partial charge in [-0.15, -0.1) is 0 Å². The first-order valence-corrected chi connectivity index (χ1v) is 5.90. The van der Waals surface area contributed by atoms with E-state index in [4.69, 9.17) is 9.26 Å². The van der Waals surface area contributed by atoms with Gasteiger partial charge in [0.2, 0.25) is 5.82 Å². The molecule has 1 aliphatic rings. The van der Waals surface area contributed by atoms with Crippen LogP contribution >= 0.6 is 0 Å². The Morgan fingerprint density at radius 2 is 2.39 bits per heavy atom. The van der Waals surface area contributed by atoms with E-state index in [0.29, 0.717) is 24.9 Å². The van der Waals surface area contributed by atoms with Gasteiger partial charge in [0.1, 0.15) is 6.10 Å². The molecule has 0 radical (unpaired) electrons. The van der Waals surface area contributed by atoms with Gasteiger partial charge >= 0.3 is 0 Å². The van der Waals surface area contributed by atoms with Crippen molar-refractivity contribution in [2.45, 2.75) is 13.0 Å². The van der Waals surface area contributed by atoms with Gasteiger partial charge < -0.3 is 14.6 Å². The Bertz CT molecular complexity index is 541. The molecule has 0 bridgehead atoms. The third-order valence-corrected chi connectivity index (χ3v) is 3.12. The van der Waals surface area contributed by atoms with Crippen LogP contribution in [-0.4, -0.2) is 39.6 Å². The second-order valence-corrected chi connectivity index (χ2v) is 4.29. The van der Waals surface area contributed by atoms with Crippen molar-refractivity contribution in [2.75, 3.05) is 19.7 Å². The van der Waals surface area contributed by atoms with Crippen molar-refractivity contribution in [1.82, 2.24) is 25.2 Å². The molecule has 2 aromatic heterocycles. The lowest BCUT2D eigenvalue weighted by molar-refractivity contribution is 0.0208. The van der Waals surface area contributed by atoms with Crippen LogP contribution in [0.25, 0.3) is 11.5 Å². The maximum absolute atomic E-state index is 5.58. The van der Waals surface area contributed by atoms with Crippen LogP contribution in [0.1, 0.15) is 17.6 Å². The third-order valence-electron chi connectivity index (χ3n) is 3.12. The van der Waals surface area contributed by atoms with Gasteiger partial charge in [0.15, 0.2) is 0 Å². The number of aryl methyl sites for hydroxylation is 1.